The van der Waals surface area contributed by atoms with Crippen LogP contribution in [0.2, 0.25) is 0 Å². The molecule has 3 heteroatoms. The fraction of sp³-hybridized carbons (Fsp3) is 0.333. The minimum atomic E-state index is 0.513. The maximum absolute atomic E-state index is 5.55. The molecule has 0 bridgehead atoms. The van der Waals surface area contributed by atoms with Crippen molar-refractivity contribution in [2.75, 3.05) is 5.32 Å². The van der Waals surface area contributed by atoms with Gasteiger partial charge in [-0.2, -0.15) is 0 Å². The molecule has 1 N–H and O–H groups in total. The lowest BCUT2D eigenvalue weighted by atomic mass is 9.84. The van der Waals surface area contributed by atoms with Crippen molar-refractivity contribution in [2.45, 2.75) is 31.7 Å². The van der Waals surface area contributed by atoms with Gasteiger partial charge in [-0.25, -0.2) is 0 Å². The molecule has 94 valence electrons. The van der Waals surface area contributed by atoms with Crippen LogP contribution in [0.4, 0.5) is 5.69 Å². The lowest BCUT2D eigenvalue weighted by Crippen LogP contribution is -2.26. The van der Waals surface area contributed by atoms with E-state index in [0.717, 1.165) is 23.1 Å². The van der Waals surface area contributed by atoms with Crippen molar-refractivity contribution in [1.82, 2.24) is 0 Å². The molecule has 0 saturated carbocycles. The van der Waals surface area contributed by atoms with Gasteiger partial charge in [-0.15, -0.1) is 0 Å². The summed E-state index contributed by atoms with van der Waals surface area (Å²) >= 11 is 3.54. The highest BCUT2D eigenvalue weighted by Gasteiger charge is 2.25. The Morgan fingerprint density at radius 3 is 2.94 bits per heavy atom. The number of benzene rings is 1. The third kappa shape index (κ3) is 2.19. The summed E-state index contributed by atoms with van der Waals surface area (Å²) in [5.74, 6) is 1.57. The van der Waals surface area contributed by atoms with Crippen molar-refractivity contribution < 1.29 is 4.42 Å². The predicted octanol–water partition coefficient (Wildman–Crippen LogP) is 4.57. The number of furan rings is 1. The number of hydrogen-bond donors (Lipinski definition) is 1. The molecule has 0 fully saturated rings. The SMILES string of the molecule is CC1CC(Cc2occc2Br)c2ccccc2N1. The summed E-state index contributed by atoms with van der Waals surface area (Å²) in [7, 11) is 0. The second-order valence-electron chi connectivity index (χ2n) is 4.96. The molecule has 0 spiro atoms. The third-order valence-corrected chi connectivity index (χ3v) is 4.27. The molecule has 1 aliphatic rings. The van der Waals surface area contributed by atoms with E-state index in [2.05, 4.69) is 52.4 Å². The summed E-state index contributed by atoms with van der Waals surface area (Å²) in [6.45, 7) is 2.24. The predicted molar refractivity (Wildman–Crippen MR) is 77.0 cm³/mol. The van der Waals surface area contributed by atoms with Gasteiger partial charge in [0.25, 0.3) is 0 Å². The van der Waals surface area contributed by atoms with Gasteiger partial charge < -0.3 is 9.73 Å². The monoisotopic (exact) mass is 305 g/mol. The Hall–Kier alpha value is -1.22. The molecule has 18 heavy (non-hydrogen) atoms. The van der Waals surface area contributed by atoms with Gasteiger partial charge in [0.2, 0.25) is 0 Å². The molecule has 0 amide bonds. The molecule has 0 aliphatic carbocycles. The lowest BCUT2D eigenvalue weighted by molar-refractivity contribution is 0.459. The van der Waals surface area contributed by atoms with E-state index < -0.39 is 0 Å². The topological polar surface area (TPSA) is 25.2 Å². The minimum absolute atomic E-state index is 0.513. The number of anilines is 1. The molecule has 1 aromatic heterocycles. The number of nitrogens with one attached hydrogen (secondary N) is 1. The Morgan fingerprint density at radius 2 is 2.17 bits per heavy atom. The third-order valence-electron chi connectivity index (χ3n) is 3.56. The summed E-state index contributed by atoms with van der Waals surface area (Å²) in [6.07, 6.45) is 3.84. The Kier molecular flexibility index (Phi) is 3.16. The van der Waals surface area contributed by atoms with Crippen LogP contribution in [0, 0.1) is 0 Å². The van der Waals surface area contributed by atoms with Crippen molar-refractivity contribution in [3.63, 3.8) is 0 Å². The molecule has 2 heterocycles. The van der Waals surface area contributed by atoms with E-state index in [1.165, 1.54) is 11.3 Å². The summed E-state index contributed by atoms with van der Waals surface area (Å²) in [5, 5.41) is 3.54. The highest BCUT2D eigenvalue weighted by atomic mass is 79.9. The fourth-order valence-corrected chi connectivity index (χ4v) is 3.11. The molecule has 2 aromatic rings. The molecule has 2 atom stereocenters. The van der Waals surface area contributed by atoms with E-state index >= 15 is 0 Å². The Bertz CT molecular complexity index is 549. The van der Waals surface area contributed by atoms with Gasteiger partial charge in [0.1, 0.15) is 5.76 Å². The van der Waals surface area contributed by atoms with Gasteiger partial charge in [-0.3, -0.25) is 0 Å². The highest BCUT2D eigenvalue weighted by Crippen LogP contribution is 2.37. The van der Waals surface area contributed by atoms with Crippen LogP contribution in [0.25, 0.3) is 0 Å². The van der Waals surface area contributed by atoms with Gasteiger partial charge in [-0.1, -0.05) is 18.2 Å². The maximum atomic E-state index is 5.55. The molecule has 3 rings (SSSR count). The van der Waals surface area contributed by atoms with Crippen LogP contribution in [0.15, 0.2) is 45.5 Å². The van der Waals surface area contributed by atoms with Crippen molar-refractivity contribution in [3.05, 3.63) is 52.4 Å². The van der Waals surface area contributed by atoms with E-state index in [-0.39, 0.29) is 0 Å². The lowest BCUT2D eigenvalue weighted by Gasteiger charge is -2.31. The average molecular weight is 306 g/mol. The molecule has 2 nitrogen and oxygen atoms in total. The van der Waals surface area contributed by atoms with Gasteiger partial charge in [-0.05, 0) is 52.9 Å². The fourth-order valence-electron chi connectivity index (χ4n) is 2.75. The molecule has 1 aromatic carbocycles. The first-order chi connectivity index (χ1) is 8.74. The van der Waals surface area contributed by atoms with E-state index in [4.69, 9.17) is 4.42 Å². The van der Waals surface area contributed by atoms with E-state index in [1.807, 2.05) is 6.07 Å². The van der Waals surface area contributed by atoms with Crippen molar-refractivity contribution >= 4 is 21.6 Å². The normalized spacial score (nSPS) is 22.3. The van der Waals surface area contributed by atoms with Crippen LogP contribution < -0.4 is 5.32 Å². The first kappa shape index (κ1) is 11.8. The number of fused-ring (bicyclic) bond motifs is 1. The maximum Gasteiger partial charge on any atom is 0.118 e. The van der Waals surface area contributed by atoms with Crippen LogP contribution in [0.3, 0.4) is 0 Å². The second kappa shape index (κ2) is 4.81. The van der Waals surface area contributed by atoms with E-state index in [1.54, 1.807) is 6.26 Å². The summed E-state index contributed by atoms with van der Waals surface area (Å²) < 4.78 is 6.63. The first-order valence-electron chi connectivity index (χ1n) is 6.31. The molecule has 1 aliphatic heterocycles. The van der Waals surface area contributed by atoms with Gasteiger partial charge >= 0.3 is 0 Å². The smallest absolute Gasteiger partial charge is 0.118 e. The first-order valence-corrected chi connectivity index (χ1v) is 7.10. The van der Waals surface area contributed by atoms with Crippen LogP contribution in [-0.4, -0.2) is 6.04 Å². The van der Waals surface area contributed by atoms with Crippen LogP contribution in [-0.2, 0) is 6.42 Å². The molecule has 0 radical (unpaired) electrons. The Labute approximate surface area is 116 Å². The Morgan fingerprint density at radius 1 is 1.33 bits per heavy atom. The van der Waals surface area contributed by atoms with E-state index in [9.17, 15) is 0 Å². The van der Waals surface area contributed by atoms with Crippen molar-refractivity contribution in [1.29, 1.82) is 0 Å². The molecular formula is C15H16BrNO. The van der Waals surface area contributed by atoms with E-state index in [0.29, 0.717) is 12.0 Å². The minimum Gasteiger partial charge on any atom is -0.468 e. The largest absolute Gasteiger partial charge is 0.468 e. The Balaban J connectivity index is 1.91. The zero-order chi connectivity index (χ0) is 12.5. The van der Waals surface area contributed by atoms with Crippen LogP contribution >= 0.6 is 15.9 Å². The standard InChI is InChI=1S/C15H16BrNO/c1-10-8-11(9-15-13(16)6-7-18-15)12-4-2-3-5-14(12)17-10/h2-7,10-11,17H,8-9H2,1H3. The summed E-state index contributed by atoms with van der Waals surface area (Å²) in [4.78, 5) is 0. The quantitative estimate of drug-likeness (QED) is 0.879. The van der Waals surface area contributed by atoms with Crippen molar-refractivity contribution in [2.24, 2.45) is 0 Å². The number of rotatable bonds is 2. The van der Waals surface area contributed by atoms with Crippen molar-refractivity contribution in [3.8, 4) is 0 Å². The van der Waals surface area contributed by atoms with Crippen LogP contribution in [0.5, 0.6) is 0 Å². The second-order valence-corrected chi connectivity index (χ2v) is 5.82. The number of halogens is 1. The molecule has 2 unspecified atom stereocenters. The van der Waals surface area contributed by atoms with Gasteiger partial charge in [0, 0.05) is 18.2 Å². The summed E-state index contributed by atoms with van der Waals surface area (Å²) in [5.41, 5.74) is 2.67. The molecular weight excluding hydrogens is 290 g/mol. The summed E-state index contributed by atoms with van der Waals surface area (Å²) in [6, 6.07) is 11.1. The average Bonchev–Trinajstić information content (AvgIpc) is 2.75. The zero-order valence-electron chi connectivity index (χ0n) is 10.3. The zero-order valence-corrected chi connectivity index (χ0v) is 11.9. The molecule has 0 saturated heterocycles. The highest BCUT2D eigenvalue weighted by molar-refractivity contribution is 9.10. The van der Waals surface area contributed by atoms with Gasteiger partial charge in [0.15, 0.2) is 0 Å². The number of hydrogen-bond acceptors (Lipinski definition) is 2. The van der Waals surface area contributed by atoms with Gasteiger partial charge in [0.05, 0.1) is 10.7 Å². The van der Waals surface area contributed by atoms with Crippen LogP contribution in [0.1, 0.15) is 30.6 Å². The number of para-hydroxylation sites is 1.